The summed E-state index contributed by atoms with van der Waals surface area (Å²) in [6, 6.07) is 4.56. The number of rotatable bonds is 3. The van der Waals surface area contributed by atoms with Crippen LogP contribution in [0.25, 0.3) is 16.6 Å². The number of aliphatic hydroxyl groups excluding tert-OH is 1. The smallest absolute Gasteiger partial charge is 0.331 e. The number of ether oxygens (including phenoxy) is 1. The maximum atomic E-state index is 12.2. The van der Waals surface area contributed by atoms with Crippen LogP contribution in [0.4, 0.5) is 5.82 Å². The standard InChI is InChI=1S/C18H16Cl2N4O3/c1-27-18(26)17-13(25)4-6-24(17)14-8-12(23-7-5-21-9-23)10-2-3-11(19)15(20)16(10)22-14/h2-3,5,7-9,13,17,25H,4,6H2,1H3. The van der Waals surface area contributed by atoms with E-state index in [0.717, 1.165) is 11.1 Å². The van der Waals surface area contributed by atoms with Gasteiger partial charge in [-0.1, -0.05) is 23.2 Å². The minimum absolute atomic E-state index is 0.326. The Hall–Kier alpha value is -2.35. The summed E-state index contributed by atoms with van der Waals surface area (Å²) in [7, 11) is 1.30. The van der Waals surface area contributed by atoms with Crippen LogP contribution in [-0.4, -0.2) is 51.4 Å². The number of carbonyl (C=O) groups excluding carboxylic acids is 1. The second-order valence-corrected chi connectivity index (χ2v) is 7.03. The van der Waals surface area contributed by atoms with E-state index in [4.69, 9.17) is 27.9 Å². The Morgan fingerprint density at radius 3 is 2.89 bits per heavy atom. The molecule has 1 saturated heterocycles. The quantitative estimate of drug-likeness (QED) is 0.673. The highest BCUT2D eigenvalue weighted by molar-refractivity contribution is 6.45. The van der Waals surface area contributed by atoms with Gasteiger partial charge in [0.15, 0.2) is 6.04 Å². The highest BCUT2D eigenvalue weighted by Crippen LogP contribution is 2.36. The topological polar surface area (TPSA) is 80.5 Å². The molecule has 0 radical (unpaired) electrons. The highest BCUT2D eigenvalue weighted by atomic mass is 35.5. The summed E-state index contributed by atoms with van der Waals surface area (Å²) in [6.07, 6.45) is 4.74. The summed E-state index contributed by atoms with van der Waals surface area (Å²) < 4.78 is 6.69. The first kappa shape index (κ1) is 18.0. The fourth-order valence-corrected chi connectivity index (χ4v) is 3.76. The largest absolute Gasteiger partial charge is 0.467 e. The fraction of sp³-hybridized carbons (Fsp3) is 0.278. The third-order valence-corrected chi connectivity index (χ3v) is 5.52. The van der Waals surface area contributed by atoms with Gasteiger partial charge in [0.05, 0.1) is 40.8 Å². The summed E-state index contributed by atoms with van der Waals surface area (Å²) in [5.74, 6) is -0.00872. The number of anilines is 1. The third-order valence-electron chi connectivity index (χ3n) is 4.72. The van der Waals surface area contributed by atoms with Gasteiger partial charge in [-0.2, -0.15) is 0 Å². The second-order valence-electron chi connectivity index (χ2n) is 6.24. The van der Waals surface area contributed by atoms with Crippen molar-refractivity contribution < 1.29 is 14.6 Å². The van der Waals surface area contributed by atoms with Gasteiger partial charge in [-0.25, -0.2) is 14.8 Å². The molecule has 3 heterocycles. The first-order valence-electron chi connectivity index (χ1n) is 8.31. The Labute approximate surface area is 165 Å². The molecule has 1 N–H and O–H groups in total. The molecule has 140 valence electrons. The number of hydrogen-bond donors (Lipinski definition) is 1. The van der Waals surface area contributed by atoms with Crippen LogP contribution in [0.3, 0.4) is 0 Å². The number of aromatic nitrogens is 3. The molecule has 2 atom stereocenters. The van der Waals surface area contributed by atoms with Gasteiger partial charge in [0.2, 0.25) is 0 Å². The molecule has 4 rings (SSSR count). The van der Waals surface area contributed by atoms with Gasteiger partial charge in [-0.3, -0.25) is 0 Å². The van der Waals surface area contributed by atoms with Gasteiger partial charge < -0.3 is 19.3 Å². The number of benzene rings is 1. The molecule has 0 bridgehead atoms. The van der Waals surface area contributed by atoms with E-state index < -0.39 is 18.1 Å². The number of carbonyl (C=O) groups is 1. The normalized spacial score (nSPS) is 19.6. The lowest BCUT2D eigenvalue weighted by molar-refractivity contribution is -0.144. The fourth-order valence-electron chi connectivity index (χ4n) is 3.40. The van der Waals surface area contributed by atoms with Crippen molar-refractivity contribution in [3.63, 3.8) is 0 Å². The van der Waals surface area contributed by atoms with E-state index in [-0.39, 0.29) is 0 Å². The lowest BCUT2D eigenvalue weighted by Crippen LogP contribution is -2.43. The van der Waals surface area contributed by atoms with Crippen LogP contribution in [0, 0.1) is 0 Å². The van der Waals surface area contributed by atoms with Crippen molar-refractivity contribution in [3.8, 4) is 5.69 Å². The van der Waals surface area contributed by atoms with Gasteiger partial charge in [-0.15, -0.1) is 0 Å². The maximum absolute atomic E-state index is 12.2. The van der Waals surface area contributed by atoms with E-state index in [1.807, 2.05) is 16.7 Å². The number of fused-ring (bicyclic) bond motifs is 1. The van der Waals surface area contributed by atoms with Gasteiger partial charge in [0.1, 0.15) is 5.82 Å². The Morgan fingerprint density at radius 2 is 2.19 bits per heavy atom. The van der Waals surface area contributed by atoms with Crippen molar-refractivity contribution in [2.45, 2.75) is 18.6 Å². The zero-order valence-electron chi connectivity index (χ0n) is 14.3. The molecular weight excluding hydrogens is 391 g/mol. The van der Waals surface area contributed by atoms with Gasteiger partial charge in [0.25, 0.3) is 0 Å². The summed E-state index contributed by atoms with van der Waals surface area (Å²) in [5, 5.41) is 11.8. The molecule has 1 fully saturated rings. The molecule has 1 aromatic carbocycles. The van der Waals surface area contributed by atoms with E-state index in [9.17, 15) is 9.90 Å². The van der Waals surface area contributed by atoms with E-state index in [0.29, 0.717) is 34.3 Å². The predicted molar refractivity (Wildman–Crippen MR) is 103 cm³/mol. The SMILES string of the molecule is COC(=O)C1C(O)CCN1c1cc(-n2ccnc2)c2ccc(Cl)c(Cl)c2n1. The molecule has 0 amide bonds. The Kier molecular flexibility index (Phi) is 4.67. The predicted octanol–water partition coefficient (Wildman–Crippen LogP) is 2.84. The van der Waals surface area contributed by atoms with Crippen molar-refractivity contribution in [1.29, 1.82) is 0 Å². The first-order chi connectivity index (χ1) is 13.0. The number of pyridine rings is 1. The molecule has 3 aromatic rings. The lowest BCUT2D eigenvalue weighted by Gasteiger charge is -2.26. The molecule has 27 heavy (non-hydrogen) atoms. The zero-order valence-corrected chi connectivity index (χ0v) is 15.9. The van der Waals surface area contributed by atoms with E-state index >= 15 is 0 Å². The van der Waals surface area contributed by atoms with E-state index in [1.165, 1.54) is 7.11 Å². The third kappa shape index (κ3) is 3.01. The summed E-state index contributed by atoms with van der Waals surface area (Å²) in [4.78, 5) is 22.7. The number of hydrogen-bond acceptors (Lipinski definition) is 6. The lowest BCUT2D eigenvalue weighted by atomic mass is 10.1. The van der Waals surface area contributed by atoms with Crippen LogP contribution in [-0.2, 0) is 9.53 Å². The van der Waals surface area contributed by atoms with E-state index in [2.05, 4.69) is 9.97 Å². The average molecular weight is 407 g/mol. The zero-order chi connectivity index (χ0) is 19.1. The number of imidazole rings is 1. The molecule has 1 aliphatic heterocycles. The average Bonchev–Trinajstić information content (AvgIpc) is 3.33. The minimum Gasteiger partial charge on any atom is -0.467 e. The van der Waals surface area contributed by atoms with Crippen molar-refractivity contribution in [1.82, 2.24) is 14.5 Å². The number of esters is 1. The van der Waals surface area contributed by atoms with E-state index in [1.54, 1.807) is 29.7 Å². The first-order valence-corrected chi connectivity index (χ1v) is 9.06. The molecule has 7 nitrogen and oxygen atoms in total. The van der Waals surface area contributed by atoms with Crippen molar-refractivity contribution in [2.75, 3.05) is 18.6 Å². The van der Waals surface area contributed by atoms with Crippen LogP contribution in [0.2, 0.25) is 10.0 Å². The van der Waals surface area contributed by atoms with Gasteiger partial charge in [-0.05, 0) is 18.6 Å². The number of nitrogens with zero attached hydrogens (tertiary/aromatic N) is 4. The minimum atomic E-state index is -0.832. The summed E-state index contributed by atoms with van der Waals surface area (Å²) >= 11 is 12.6. The molecule has 0 spiro atoms. The van der Waals surface area contributed by atoms with Crippen LogP contribution in [0.5, 0.6) is 0 Å². The molecule has 2 unspecified atom stereocenters. The van der Waals surface area contributed by atoms with Crippen LogP contribution in [0.15, 0.2) is 36.9 Å². The van der Waals surface area contributed by atoms with Crippen LogP contribution in [0.1, 0.15) is 6.42 Å². The maximum Gasteiger partial charge on any atom is 0.331 e. The van der Waals surface area contributed by atoms with Crippen molar-refractivity contribution >= 4 is 45.9 Å². The number of methoxy groups -OCH3 is 1. The van der Waals surface area contributed by atoms with Gasteiger partial charge in [0, 0.05) is 30.4 Å². The van der Waals surface area contributed by atoms with Crippen molar-refractivity contribution in [3.05, 3.63) is 47.0 Å². The number of aliphatic hydroxyl groups is 1. The molecule has 2 aromatic heterocycles. The molecular formula is C18H16Cl2N4O3. The Morgan fingerprint density at radius 1 is 1.37 bits per heavy atom. The summed E-state index contributed by atoms with van der Waals surface area (Å²) in [5.41, 5.74) is 1.30. The molecule has 1 aliphatic rings. The van der Waals surface area contributed by atoms with Gasteiger partial charge >= 0.3 is 5.97 Å². The molecule has 9 heteroatoms. The van der Waals surface area contributed by atoms with Crippen LogP contribution < -0.4 is 4.90 Å². The molecule has 0 aliphatic carbocycles. The molecule has 0 saturated carbocycles. The van der Waals surface area contributed by atoms with Crippen LogP contribution >= 0.6 is 23.2 Å². The Balaban J connectivity index is 1.94. The second kappa shape index (κ2) is 6.99. The highest BCUT2D eigenvalue weighted by Gasteiger charge is 2.40. The van der Waals surface area contributed by atoms with Crippen molar-refractivity contribution in [2.24, 2.45) is 0 Å². The number of halogens is 2. The summed E-state index contributed by atoms with van der Waals surface area (Å²) in [6.45, 7) is 0.459. The monoisotopic (exact) mass is 406 g/mol. The Bertz CT molecular complexity index is 1010.